The first-order chi connectivity index (χ1) is 16.7. The number of aryl methyl sites for hydroxylation is 1. The summed E-state index contributed by atoms with van der Waals surface area (Å²) in [5, 5.41) is 3.05. The minimum atomic E-state index is -0.160. The zero-order valence-electron chi connectivity index (χ0n) is 19.0. The molecular weight excluding hydrogens is 428 g/mol. The summed E-state index contributed by atoms with van der Waals surface area (Å²) in [5.41, 5.74) is 3.68. The Kier molecular flexibility index (Phi) is 6.29. The number of carbonyl (C=O) groups excluding carboxylic acids is 1. The first-order valence-electron chi connectivity index (χ1n) is 11.5. The van der Waals surface area contributed by atoms with Crippen LogP contribution in [0.5, 0.6) is 11.5 Å². The Morgan fingerprint density at radius 2 is 1.59 bits per heavy atom. The third-order valence-corrected chi connectivity index (χ3v) is 5.76. The topological polar surface area (TPSA) is 73.6 Å². The van der Waals surface area contributed by atoms with Crippen LogP contribution in [0.4, 0.5) is 0 Å². The molecule has 2 heterocycles. The van der Waals surface area contributed by atoms with Crippen molar-refractivity contribution in [1.29, 1.82) is 0 Å². The van der Waals surface area contributed by atoms with E-state index in [1.807, 2.05) is 85.8 Å². The van der Waals surface area contributed by atoms with Crippen LogP contribution >= 0.6 is 0 Å². The van der Waals surface area contributed by atoms with Gasteiger partial charge in [0.05, 0.1) is 6.04 Å². The van der Waals surface area contributed by atoms with E-state index in [9.17, 15) is 4.79 Å². The summed E-state index contributed by atoms with van der Waals surface area (Å²) in [7, 11) is 0. The number of aromatic nitrogens is 1. The van der Waals surface area contributed by atoms with E-state index < -0.39 is 0 Å². The Hall–Kier alpha value is -4.06. The third-order valence-electron chi connectivity index (χ3n) is 5.76. The predicted molar refractivity (Wildman–Crippen MR) is 130 cm³/mol. The van der Waals surface area contributed by atoms with Gasteiger partial charge >= 0.3 is 0 Å². The zero-order valence-corrected chi connectivity index (χ0v) is 19.0. The number of nitrogens with one attached hydrogen (secondary N) is 1. The minimum absolute atomic E-state index is 0.0666. The highest BCUT2D eigenvalue weighted by atomic mass is 16.6. The highest BCUT2D eigenvalue weighted by Crippen LogP contribution is 2.34. The number of rotatable bonds is 7. The monoisotopic (exact) mass is 454 g/mol. The number of oxazole rings is 1. The van der Waals surface area contributed by atoms with Crippen molar-refractivity contribution in [1.82, 2.24) is 10.3 Å². The molecule has 1 aliphatic rings. The molecule has 1 unspecified atom stereocenters. The lowest BCUT2D eigenvalue weighted by atomic mass is 10.1. The highest BCUT2D eigenvalue weighted by molar-refractivity contribution is 5.78. The molecular formula is C28H26N2O4. The Labute approximate surface area is 198 Å². The SMILES string of the molecule is CC(NC(=O)CCc1nc(-c2ccccc2)c(-c2ccccc2)o1)c1ccc2c(c1)OCCO2. The van der Waals surface area contributed by atoms with Gasteiger partial charge in [0.25, 0.3) is 0 Å². The molecule has 1 aliphatic heterocycles. The average Bonchev–Trinajstić information content (AvgIpc) is 3.33. The van der Waals surface area contributed by atoms with E-state index in [-0.39, 0.29) is 18.4 Å². The van der Waals surface area contributed by atoms with Crippen molar-refractivity contribution >= 4 is 5.91 Å². The van der Waals surface area contributed by atoms with Crippen LogP contribution in [0.25, 0.3) is 22.6 Å². The van der Waals surface area contributed by atoms with Gasteiger partial charge in [0.15, 0.2) is 23.1 Å². The average molecular weight is 455 g/mol. The molecule has 3 aromatic carbocycles. The maximum Gasteiger partial charge on any atom is 0.220 e. The second kappa shape index (κ2) is 9.83. The number of carbonyl (C=O) groups is 1. The molecule has 0 spiro atoms. The van der Waals surface area contributed by atoms with E-state index >= 15 is 0 Å². The number of fused-ring (bicyclic) bond motifs is 1. The van der Waals surface area contributed by atoms with Crippen LogP contribution in [0.1, 0.15) is 30.8 Å². The summed E-state index contributed by atoms with van der Waals surface area (Å²) < 4.78 is 17.4. The quantitative estimate of drug-likeness (QED) is 0.394. The van der Waals surface area contributed by atoms with Crippen LogP contribution in [0.2, 0.25) is 0 Å². The number of ether oxygens (including phenoxy) is 2. The predicted octanol–water partition coefficient (Wildman–Crippen LogP) is 5.59. The molecule has 0 fully saturated rings. The molecule has 172 valence electrons. The minimum Gasteiger partial charge on any atom is -0.486 e. The third kappa shape index (κ3) is 4.81. The van der Waals surface area contributed by atoms with Crippen LogP contribution in [0, 0.1) is 0 Å². The lowest BCUT2D eigenvalue weighted by Gasteiger charge is -2.21. The number of hydrogen-bond acceptors (Lipinski definition) is 5. The standard InChI is InChI=1S/C28H26N2O4/c1-19(22-12-13-23-24(18-22)33-17-16-32-23)29-25(31)14-15-26-30-27(20-8-4-2-5-9-20)28(34-26)21-10-6-3-7-11-21/h2-13,18-19H,14-17H2,1H3,(H,29,31). The maximum absolute atomic E-state index is 12.7. The number of amides is 1. The van der Waals surface area contributed by atoms with Gasteiger partial charge in [-0.1, -0.05) is 66.7 Å². The van der Waals surface area contributed by atoms with Crippen molar-refractivity contribution in [2.75, 3.05) is 13.2 Å². The Bertz CT molecular complexity index is 1210. The molecule has 1 N–H and O–H groups in total. The fraction of sp³-hybridized carbons (Fsp3) is 0.214. The largest absolute Gasteiger partial charge is 0.486 e. The molecule has 1 atom stereocenters. The zero-order chi connectivity index (χ0) is 23.3. The Morgan fingerprint density at radius 3 is 2.32 bits per heavy atom. The van der Waals surface area contributed by atoms with E-state index in [4.69, 9.17) is 18.9 Å². The van der Waals surface area contributed by atoms with Crippen molar-refractivity contribution in [2.24, 2.45) is 0 Å². The molecule has 0 saturated carbocycles. The summed E-state index contributed by atoms with van der Waals surface area (Å²) in [4.78, 5) is 17.4. The normalized spacial score (nSPS) is 13.3. The van der Waals surface area contributed by atoms with Crippen molar-refractivity contribution in [3.05, 3.63) is 90.3 Å². The van der Waals surface area contributed by atoms with Gasteiger partial charge in [0.2, 0.25) is 5.91 Å². The molecule has 1 amide bonds. The van der Waals surface area contributed by atoms with Gasteiger partial charge in [-0.2, -0.15) is 0 Å². The van der Waals surface area contributed by atoms with Crippen molar-refractivity contribution in [3.8, 4) is 34.1 Å². The summed E-state index contributed by atoms with van der Waals surface area (Å²) >= 11 is 0. The molecule has 34 heavy (non-hydrogen) atoms. The molecule has 0 saturated heterocycles. The molecule has 5 rings (SSSR count). The molecule has 6 heteroatoms. The summed E-state index contributed by atoms with van der Waals surface area (Å²) in [5.74, 6) is 2.64. The van der Waals surface area contributed by atoms with Crippen molar-refractivity contribution in [2.45, 2.75) is 25.8 Å². The first kappa shape index (κ1) is 21.8. The lowest BCUT2D eigenvalue weighted by molar-refractivity contribution is -0.121. The van der Waals surface area contributed by atoms with E-state index in [2.05, 4.69) is 5.32 Å². The number of benzene rings is 3. The highest BCUT2D eigenvalue weighted by Gasteiger charge is 2.19. The van der Waals surface area contributed by atoms with Gasteiger partial charge in [-0.3, -0.25) is 4.79 Å². The van der Waals surface area contributed by atoms with Gasteiger partial charge in [-0.05, 0) is 24.6 Å². The van der Waals surface area contributed by atoms with Gasteiger partial charge in [0, 0.05) is 24.0 Å². The van der Waals surface area contributed by atoms with E-state index in [0.29, 0.717) is 37.0 Å². The maximum atomic E-state index is 12.7. The van der Waals surface area contributed by atoms with E-state index in [1.165, 1.54) is 0 Å². The summed E-state index contributed by atoms with van der Waals surface area (Å²) in [6.07, 6.45) is 0.685. The van der Waals surface area contributed by atoms with Gasteiger partial charge < -0.3 is 19.2 Å². The van der Waals surface area contributed by atoms with Gasteiger partial charge in [-0.25, -0.2) is 4.98 Å². The van der Waals surface area contributed by atoms with E-state index in [0.717, 1.165) is 28.1 Å². The lowest BCUT2D eigenvalue weighted by Crippen LogP contribution is -2.27. The fourth-order valence-electron chi connectivity index (χ4n) is 3.99. The first-order valence-corrected chi connectivity index (χ1v) is 11.5. The molecule has 1 aromatic heterocycles. The summed E-state index contributed by atoms with van der Waals surface area (Å²) in [6.45, 7) is 3.04. The molecule has 6 nitrogen and oxygen atoms in total. The smallest absolute Gasteiger partial charge is 0.220 e. The van der Waals surface area contributed by atoms with Gasteiger partial charge in [-0.15, -0.1) is 0 Å². The number of hydrogen-bond donors (Lipinski definition) is 1. The Morgan fingerprint density at radius 1 is 0.912 bits per heavy atom. The second-order valence-electron chi connectivity index (χ2n) is 8.21. The number of nitrogens with zero attached hydrogens (tertiary/aromatic N) is 1. The summed E-state index contributed by atoms with van der Waals surface area (Å²) in [6, 6.07) is 25.5. The van der Waals surface area contributed by atoms with E-state index in [1.54, 1.807) is 0 Å². The van der Waals surface area contributed by atoms with Crippen molar-refractivity contribution < 1.29 is 18.7 Å². The van der Waals surface area contributed by atoms with Crippen LogP contribution in [0.3, 0.4) is 0 Å². The van der Waals surface area contributed by atoms with Crippen LogP contribution < -0.4 is 14.8 Å². The van der Waals surface area contributed by atoms with Crippen LogP contribution in [0.15, 0.2) is 83.3 Å². The van der Waals surface area contributed by atoms with Gasteiger partial charge in [0.1, 0.15) is 18.9 Å². The molecule has 0 radical (unpaired) electrons. The fourth-order valence-corrected chi connectivity index (χ4v) is 3.99. The molecule has 0 aliphatic carbocycles. The second-order valence-corrected chi connectivity index (χ2v) is 8.21. The molecule has 4 aromatic rings. The Balaban J connectivity index is 1.27. The molecule has 0 bridgehead atoms. The van der Waals surface area contributed by atoms with Crippen LogP contribution in [-0.2, 0) is 11.2 Å². The van der Waals surface area contributed by atoms with Crippen molar-refractivity contribution in [3.63, 3.8) is 0 Å². The van der Waals surface area contributed by atoms with Crippen LogP contribution in [-0.4, -0.2) is 24.1 Å².